The molecule has 0 amide bonds. The second kappa shape index (κ2) is 8.87. The zero-order valence-corrected chi connectivity index (χ0v) is 18.2. The molecule has 0 radical (unpaired) electrons. The van der Waals surface area contributed by atoms with E-state index in [4.69, 9.17) is 9.72 Å². The molecule has 1 atom stereocenters. The molecule has 1 aliphatic heterocycles. The monoisotopic (exact) mass is 440 g/mol. The summed E-state index contributed by atoms with van der Waals surface area (Å²) in [6.07, 6.45) is 2.61. The lowest BCUT2D eigenvalue weighted by atomic mass is 10.3. The molecular weight excluding hydrogens is 420 g/mol. The van der Waals surface area contributed by atoms with Crippen molar-refractivity contribution in [3.05, 3.63) is 60.4 Å². The van der Waals surface area contributed by atoms with Gasteiger partial charge >= 0.3 is 0 Å². The van der Waals surface area contributed by atoms with E-state index in [1.54, 1.807) is 34.9 Å². The van der Waals surface area contributed by atoms with Gasteiger partial charge in [0.2, 0.25) is 0 Å². The van der Waals surface area contributed by atoms with Crippen LogP contribution in [0.5, 0.6) is 0 Å². The van der Waals surface area contributed by atoms with Gasteiger partial charge < -0.3 is 4.74 Å². The second-order valence-corrected chi connectivity index (χ2v) is 9.99. The molecule has 1 fully saturated rings. The highest BCUT2D eigenvalue weighted by Gasteiger charge is 2.20. The van der Waals surface area contributed by atoms with Crippen LogP contribution in [0, 0.1) is 0 Å². The molecule has 29 heavy (non-hydrogen) atoms. The van der Waals surface area contributed by atoms with Gasteiger partial charge in [-0.25, -0.2) is 4.98 Å². The Labute approximate surface area is 181 Å². The number of para-hydroxylation sites is 2. The summed E-state index contributed by atoms with van der Waals surface area (Å²) in [7, 11) is 0. The number of thioether (sulfide) groups is 2. The smallest absolute Gasteiger partial charge is 0.195 e. The number of hydrogen-bond donors (Lipinski definition) is 0. The van der Waals surface area contributed by atoms with Crippen LogP contribution in [-0.2, 0) is 10.5 Å². The quantitative estimate of drug-likeness (QED) is 0.357. The fourth-order valence-corrected chi connectivity index (χ4v) is 6.32. The van der Waals surface area contributed by atoms with Crippen molar-refractivity contribution in [1.29, 1.82) is 0 Å². The van der Waals surface area contributed by atoms with E-state index in [1.807, 2.05) is 24.3 Å². The van der Waals surface area contributed by atoms with Gasteiger partial charge in [-0.15, -0.1) is 21.5 Å². The maximum atomic E-state index is 5.77. The number of aromatic nitrogens is 4. The molecule has 1 aliphatic rings. The molecule has 1 saturated heterocycles. The van der Waals surface area contributed by atoms with E-state index in [9.17, 15) is 0 Å². The number of rotatable bonds is 7. The summed E-state index contributed by atoms with van der Waals surface area (Å²) >= 11 is 5.17. The minimum absolute atomic E-state index is 0.321. The Hall–Kier alpha value is -1.87. The molecule has 5 nitrogen and oxygen atoms in total. The lowest BCUT2D eigenvalue weighted by Gasteiger charge is -2.11. The number of ether oxygens (including phenoxy) is 1. The standard InChI is InChI=1S/C21H20N4OS3/c1-2-7-15(8-3-1)25-19(23-24-20(25)27-13-16-9-6-12-26-16)14-28-21-22-17-10-4-5-11-18(17)29-21/h1-5,7-8,10-11,16H,6,9,12-14H2. The predicted octanol–water partition coefficient (Wildman–Crippen LogP) is 5.44. The molecule has 2 aromatic heterocycles. The Morgan fingerprint density at radius 2 is 1.90 bits per heavy atom. The molecule has 0 bridgehead atoms. The third-order valence-electron chi connectivity index (χ3n) is 4.74. The Morgan fingerprint density at radius 1 is 1.03 bits per heavy atom. The number of nitrogens with zero attached hydrogens (tertiary/aromatic N) is 4. The van der Waals surface area contributed by atoms with Gasteiger partial charge in [-0.3, -0.25) is 4.57 Å². The van der Waals surface area contributed by atoms with Crippen molar-refractivity contribution in [3.63, 3.8) is 0 Å². The lowest BCUT2D eigenvalue weighted by Crippen LogP contribution is -2.09. The summed E-state index contributed by atoms with van der Waals surface area (Å²) in [6, 6.07) is 18.6. The zero-order chi connectivity index (χ0) is 19.5. The van der Waals surface area contributed by atoms with Crippen molar-refractivity contribution in [2.24, 2.45) is 0 Å². The topological polar surface area (TPSA) is 52.8 Å². The SMILES string of the molecule is c1ccc(-n2c(CSc3nc4ccccc4s3)nnc2SCC2CCCO2)cc1. The fraction of sp³-hybridized carbons (Fsp3) is 0.286. The summed E-state index contributed by atoms with van der Waals surface area (Å²) in [5.74, 6) is 2.58. The molecule has 0 spiro atoms. The van der Waals surface area contributed by atoms with Crippen molar-refractivity contribution in [2.75, 3.05) is 12.4 Å². The van der Waals surface area contributed by atoms with Crippen LogP contribution in [0.2, 0.25) is 0 Å². The Balaban J connectivity index is 1.37. The highest BCUT2D eigenvalue weighted by atomic mass is 32.2. The first-order valence-corrected chi connectivity index (χ1v) is 12.4. The third-order valence-corrected chi connectivity index (χ3v) is 7.97. The van der Waals surface area contributed by atoms with Gasteiger partial charge in [0.1, 0.15) is 5.82 Å². The Bertz CT molecular complexity index is 1060. The highest BCUT2D eigenvalue weighted by molar-refractivity contribution is 8.00. The van der Waals surface area contributed by atoms with Gasteiger partial charge in [-0.05, 0) is 37.1 Å². The van der Waals surface area contributed by atoms with Crippen LogP contribution >= 0.6 is 34.9 Å². The molecule has 0 saturated carbocycles. The van der Waals surface area contributed by atoms with Crippen molar-refractivity contribution >= 4 is 45.1 Å². The van der Waals surface area contributed by atoms with Gasteiger partial charge in [-0.2, -0.15) is 0 Å². The van der Waals surface area contributed by atoms with Crippen LogP contribution in [0.15, 0.2) is 64.1 Å². The largest absolute Gasteiger partial charge is 0.377 e. The van der Waals surface area contributed by atoms with E-state index < -0.39 is 0 Å². The van der Waals surface area contributed by atoms with E-state index >= 15 is 0 Å². The van der Waals surface area contributed by atoms with Crippen molar-refractivity contribution in [2.45, 2.75) is 34.2 Å². The maximum absolute atomic E-state index is 5.77. The number of benzene rings is 2. The second-order valence-electron chi connectivity index (χ2n) is 6.75. The predicted molar refractivity (Wildman–Crippen MR) is 120 cm³/mol. The molecule has 8 heteroatoms. The minimum Gasteiger partial charge on any atom is -0.377 e. The van der Waals surface area contributed by atoms with Crippen LogP contribution in [0.25, 0.3) is 15.9 Å². The molecular formula is C21H20N4OS3. The van der Waals surface area contributed by atoms with Gasteiger partial charge in [0, 0.05) is 18.0 Å². The van der Waals surface area contributed by atoms with E-state index in [2.05, 4.69) is 45.1 Å². The minimum atomic E-state index is 0.321. The molecule has 148 valence electrons. The normalized spacial score (nSPS) is 16.6. The van der Waals surface area contributed by atoms with Gasteiger partial charge in [0.15, 0.2) is 9.50 Å². The average Bonchev–Trinajstić information content (AvgIpc) is 3.50. The third kappa shape index (κ3) is 4.35. The Kier molecular flexibility index (Phi) is 5.85. The Morgan fingerprint density at radius 3 is 2.72 bits per heavy atom. The van der Waals surface area contributed by atoms with Gasteiger partial charge in [0.25, 0.3) is 0 Å². The molecule has 3 heterocycles. The van der Waals surface area contributed by atoms with E-state index in [0.717, 1.165) is 57.5 Å². The summed E-state index contributed by atoms with van der Waals surface area (Å²) in [5.41, 5.74) is 2.14. The summed E-state index contributed by atoms with van der Waals surface area (Å²) in [5, 5.41) is 9.94. The first kappa shape index (κ1) is 19.1. The first-order valence-electron chi connectivity index (χ1n) is 9.59. The van der Waals surface area contributed by atoms with Gasteiger partial charge in [0.05, 0.1) is 22.1 Å². The van der Waals surface area contributed by atoms with Crippen LogP contribution in [-0.4, -0.2) is 38.2 Å². The average molecular weight is 441 g/mol. The maximum Gasteiger partial charge on any atom is 0.195 e. The molecule has 0 N–H and O–H groups in total. The van der Waals surface area contributed by atoms with Crippen molar-refractivity contribution in [3.8, 4) is 5.69 Å². The zero-order valence-electron chi connectivity index (χ0n) is 15.7. The molecule has 4 aromatic rings. The van der Waals surface area contributed by atoms with Crippen LogP contribution in [0.4, 0.5) is 0 Å². The molecule has 2 aromatic carbocycles. The summed E-state index contributed by atoms with van der Waals surface area (Å²) in [6.45, 7) is 0.876. The van der Waals surface area contributed by atoms with Gasteiger partial charge in [-0.1, -0.05) is 53.9 Å². The number of hydrogen-bond acceptors (Lipinski definition) is 7. The molecule has 5 rings (SSSR count). The van der Waals surface area contributed by atoms with E-state index in [0.29, 0.717) is 6.10 Å². The molecule has 1 unspecified atom stereocenters. The van der Waals surface area contributed by atoms with E-state index in [-0.39, 0.29) is 0 Å². The van der Waals surface area contributed by atoms with Crippen LogP contribution in [0.1, 0.15) is 18.7 Å². The lowest BCUT2D eigenvalue weighted by molar-refractivity contribution is 0.129. The summed E-state index contributed by atoms with van der Waals surface area (Å²) < 4.78 is 10.2. The first-order chi connectivity index (χ1) is 14.4. The highest BCUT2D eigenvalue weighted by Crippen LogP contribution is 2.33. The number of fused-ring (bicyclic) bond motifs is 1. The van der Waals surface area contributed by atoms with E-state index in [1.165, 1.54) is 4.70 Å². The van der Waals surface area contributed by atoms with Crippen molar-refractivity contribution in [1.82, 2.24) is 19.7 Å². The van der Waals surface area contributed by atoms with Crippen molar-refractivity contribution < 1.29 is 4.74 Å². The summed E-state index contributed by atoms with van der Waals surface area (Å²) in [4.78, 5) is 4.73. The fourth-order valence-electron chi connectivity index (χ4n) is 3.31. The number of thiazole rings is 1. The molecule has 0 aliphatic carbocycles. The van der Waals surface area contributed by atoms with Crippen LogP contribution in [0.3, 0.4) is 0 Å². The van der Waals surface area contributed by atoms with Crippen LogP contribution < -0.4 is 0 Å².